The molecule has 102 valence electrons. The van der Waals surface area contributed by atoms with Gasteiger partial charge in [0.05, 0.1) is 4.75 Å². The van der Waals surface area contributed by atoms with Crippen molar-refractivity contribution in [1.82, 2.24) is 9.97 Å². The lowest BCUT2D eigenvalue weighted by Crippen LogP contribution is -2.38. The van der Waals surface area contributed by atoms with Crippen molar-refractivity contribution in [2.75, 3.05) is 30.1 Å². The summed E-state index contributed by atoms with van der Waals surface area (Å²) in [6.45, 7) is 3.58. The third-order valence-corrected chi connectivity index (χ3v) is 5.31. The van der Waals surface area contributed by atoms with Gasteiger partial charge in [0.2, 0.25) is 0 Å². The summed E-state index contributed by atoms with van der Waals surface area (Å²) in [5.74, 6) is 0.887. The van der Waals surface area contributed by atoms with Crippen molar-refractivity contribution in [3.8, 4) is 0 Å². The average Bonchev–Trinajstić information content (AvgIpc) is 2.24. The number of hydrogen-bond acceptors (Lipinski definition) is 7. The molecule has 6 nitrogen and oxygen atoms in total. The fourth-order valence-electron chi connectivity index (χ4n) is 1.06. The second kappa shape index (κ2) is 5.31. The normalized spacial score (nSPS) is 12.4. The van der Waals surface area contributed by atoms with Crippen LogP contribution in [0.5, 0.6) is 0 Å². The van der Waals surface area contributed by atoms with E-state index in [0.29, 0.717) is 16.8 Å². The largest absolute Gasteiger partial charge is 0.383 e. The molecule has 0 saturated carbocycles. The lowest BCUT2D eigenvalue weighted by Gasteiger charge is -2.23. The van der Waals surface area contributed by atoms with Gasteiger partial charge in [-0.15, -0.1) is 0 Å². The van der Waals surface area contributed by atoms with E-state index >= 15 is 0 Å². The van der Waals surface area contributed by atoms with Crippen LogP contribution in [0.3, 0.4) is 0 Å². The Bertz CT molecular complexity index is 529. The Kier molecular flexibility index (Phi) is 4.44. The van der Waals surface area contributed by atoms with Gasteiger partial charge in [-0.25, -0.2) is 18.4 Å². The minimum atomic E-state index is -3.14. The molecule has 0 aliphatic carbocycles. The molecule has 0 amide bonds. The van der Waals surface area contributed by atoms with Gasteiger partial charge in [0.15, 0.2) is 15.0 Å². The van der Waals surface area contributed by atoms with Gasteiger partial charge >= 0.3 is 0 Å². The van der Waals surface area contributed by atoms with Crippen molar-refractivity contribution < 1.29 is 8.42 Å². The second-order valence-corrected chi connectivity index (χ2v) is 7.97. The number of hydrogen-bond donors (Lipinski definition) is 2. The number of sulfone groups is 1. The summed E-state index contributed by atoms with van der Waals surface area (Å²) in [6.07, 6.45) is 3.06. The van der Waals surface area contributed by atoms with E-state index in [2.05, 4.69) is 15.3 Å². The number of rotatable bonds is 5. The Morgan fingerprint density at radius 2 is 2.06 bits per heavy atom. The van der Waals surface area contributed by atoms with Crippen LogP contribution in [0.1, 0.15) is 13.8 Å². The zero-order chi connectivity index (χ0) is 14.0. The molecular weight excluding hydrogens is 272 g/mol. The number of nitrogens with zero attached hydrogens (tertiary/aromatic N) is 2. The third-order valence-electron chi connectivity index (χ3n) is 2.61. The molecule has 3 N–H and O–H groups in total. The fourth-order valence-corrected chi connectivity index (χ4v) is 1.78. The Morgan fingerprint density at radius 3 is 2.56 bits per heavy atom. The minimum absolute atomic E-state index is 0.260. The van der Waals surface area contributed by atoms with Gasteiger partial charge in [0.1, 0.15) is 11.6 Å². The number of thioether (sulfide) groups is 1. The van der Waals surface area contributed by atoms with Crippen LogP contribution < -0.4 is 11.1 Å². The highest BCUT2D eigenvalue weighted by atomic mass is 32.2. The van der Waals surface area contributed by atoms with E-state index in [1.807, 2.05) is 6.26 Å². The monoisotopic (exact) mass is 290 g/mol. The molecule has 0 saturated heterocycles. The Morgan fingerprint density at radius 1 is 1.44 bits per heavy atom. The van der Waals surface area contributed by atoms with Gasteiger partial charge < -0.3 is 11.1 Å². The standard InChI is InChI=1S/C10H18N4O2S2/c1-10(2,18(4,15)16)6-12-8-5-7(11)13-9(14-8)17-3/h5H,6H2,1-4H3,(H3,11,12,13,14). The number of anilines is 2. The summed E-state index contributed by atoms with van der Waals surface area (Å²) in [4.78, 5) is 8.22. The second-order valence-electron chi connectivity index (χ2n) is 4.55. The van der Waals surface area contributed by atoms with Gasteiger partial charge in [-0.2, -0.15) is 0 Å². The Balaban J connectivity index is 2.84. The summed E-state index contributed by atoms with van der Waals surface area (Å²) >= 11 is 1.38. The van der Waals surface area contributed by atoms with Crippen molar-refractivity contribution in [2.24, 2.45) is 0 Å². The number of nitrogen functional groups attached to an aromatic ring is 1. The predicted molar refractivity (Wildman–Crippen MR) is 75.6 cm³/mol. The van der Waals surface area contributed by atoms with Gasteiger partial charge in [0.25, 0.3) is 0 Å². The molecule has 0 spiro atoms. The molecule has 18 heavy (non-hydrogen) atoms. The van der Waals surface area contributed by atoms with E-state index in [4.69, 9.17) is 5.73 Å². The van der Waals surface area contributed by atoms with Crippen molar-refractivity contribution in [3.05, 3.63) is 6.07 Å². The highest BCUT2D eigenvalue weighted by molar-refractivity contribution is 7.98. The molecule has 0 radical (unpaired) electrons. The Labute approximate surface area is 112 Å². The van der Waals surface area contributed by atoms with E-state index in [0.717, 1.165) is 0 Å². The molecule has 0 aliphatic rings. The van der Waals surface area contributed by atoms with Crippen LogP contribution in [-0.4, -0.2) is 42.2 Å². The van der Waals surface area contributed by atoms with Crippen LogP contribution in [0.15, 0.2) is 11.2 Å². The van der Waals surface area contributed by atoms with Gasteiger partial charge in [-0.1, -0.05) is 11.8 Å². The SMILES string of the molecule is CSc1nc(N)cc(NCC(C)(C)S(C)(=O)=O)n1. The minimum Gasteiger partial charge on any atom is -0.383 e. The molecule has 0 atom stereocenters. The smallest absolute Gasteiger partial charge is 0.191 e. The van der Waals surface area contributed by atoms with E-state index in [-0.39, 0.29) is 6.54 Å². The molecule has 0 unspecified atom stereocenters. The maximum Gasteiger partial charge on any atom is 0.191 e. The van der Waals surface area contributed by atoms with Crippen LogP contribution in [0.2, 0.25) is 0 Å². The summed E-state index contributed by atoms with van der Waals surface area (Å²) in [5, 5.41) is 3.53. The number of aromatic nitrogens is 2. The molecule has 1 rings (SSSR count). The summed E-state index contributed by atoms with van der Waals surface area (Å²) < 4.78 is 22.3. The van der Waals surface area contributed by atoms with E-state index < -0.39 is 14.6 Å². The maximum absolute atomic E-state index is 11.6. The first-order valence-corrected chi connectivity index (χ1v) is 8.39. The van der Waals surface area contributed by atoms with Crippen LogP contribution >= 0.6 is 11.8 Å². The Hall–Kier alpha value is -1.02. The molecule has 0 fully saturated rings. The van der Waals surface area contributed by atoms with E-state index in [1.165, 1.54) is 18.0 Å². The zero-order valence-electron chi connectivity index (χ0n) is 10.9. The zero-order valence-corrected chi connectivity index (χ0v) is 12.5. The van der Waals surface area contributed by atoms with Gasteiger partial charge in [-0.05, 0) is 20.1 Å². The quantitative estimate of drug-likeness (QED) is 0.617. The molecule has 0 aromatic carbocycles. The van der Waals surface area contributed by atoms with Crippen molar-refractivity contribution in [2.45, 2.75) is 23.8 Å². The van der Waals surface area contributed by atoms with Crippen molar-refractivity contribution in [3.63, 3.8) is 0 Å². The molecule has 1 aromatic heterocycles. The molecule has 0 aliphatic heterocycles. The van der Waals surface area contributed by atoms with Crippen LogP contribution in [0.4, 0.5) is 11.6 Å². The highest BCUT2D eigenvalue weighted by Gasteiger charge is 2.29. The molecule has 0 bridgehead atoms. The third kappa shape index (κ3) is 3.74. The summed E-state index contributed by atoms with van der Waals surface area (Å²) in [6, 6.07) is 1.58. The first-order chi connectivity index (χ1) is 8.15. The molecule has 1 aromatic rings. The van der Waals surface area contributed by atoms with Crippen molar-refractivity contribution >= 4 is 33.2 Å². The van der Waals surface area contributed by atoms with Crippen molar-refractivity contribution in [1.29, 1.82) is 0 Å². The fraction of sp³-hybridized carbons (Fsp3) is 0.600. The summed E-state index contributed by atoms with van der Waals surface area (Å²) in [7, 11) is -3.14. The van der Waals surface area contributed by atoms with Gasteiger partial charge in [-0.3, -0.25) is 0 Å². The van der Waals surface area contributed by atoms with E-state index in [1.54, 1.807) is 19.9 Å². The molecule has 8 heteroatoms. The average molecular weight is 290 g/mol. The lowest BCUT2D eigenvalue weighted by atomic mass is 10.2. The first kappa shape index (κ1) is 15.0. The highest BCUT2D eigenvalue weighted by Crippen LogP contribution is 2.18. The lowest BCUT2D eigenvalue weighted by molar-refractivity contribution is 0.559. The van der Waals surface area contributed by atoms with Gasteiger partial charge in [0, 0.05) is 18.9 Å². The molecular formula is C10H18N4O2S2. The molecule has 1 heterocycles. The number of nitrogens with two attached hydrogens (primary N) is 1. The van der Waals surface area contributed by atoms with Crippen LogP contribution in [0.25, 0.3) is 0 Å². The topological polar surface area (TPSA) is 98.0 Å². The predicted octanol–water partition coefficient (Wildman–Crippen LogP) is 1.02. The van der Waals surface area contributed by atoms with Crippen LogP contribution in [0, 0.1) is 0 Å². The van der Waals surface area contributed by atoms with Crippen LogP contribution in [-0.2, 0) is 9.84 Å². The summed E-state index contributed by atoms with van der Waals surface area (Å²) in [5.41, 5.74) is 5.64. The number of nitrogens with one attached hydrogen (secondary N) is 1. The maximum atomic E-state index is 11.6. The first-order valence-electron chi connectivity index (χ1n) is 5.28. The van der Waals surface area contributed by atoms with E-state index in [9.17, 15) is 8.42 Å².